The first-order chi connectivity index (χ1) is 18.3. The molecule has 39 heavy (non-hydrogen) atoms. The van der Waals surface area contributed by atoms with Gasteiger partial charge in [-0.25, -0.2) is 14.4 Å². The number of carboxylic acid groups (broad SMARTS) is 1. The minimum absolute atomic E-state index is 0.0974. The highest BCUT2D eigenvalue weighted by Gasteiger charge is 2.37. The van der Waals surface area contributed by atoms with E-state index in [0.717, 1.165) is 12.8 Å². The lowest BCUT2D eigenvalue weighted by atomic mass is 9.86. The maximum Gasteiger partial charge on any atom is 0.514 e. The van der Waals surface area contributed by atoms with Crippen LogP contribution in [0.4, 0.5) is 14.4 Å². The second kappa shape index (κ2) is 16.4. The number of carbonyl (C=O) groups is 4. The molecule has 12 nitrogen and oxygen atoms in total. The van der Waals surface area contributed by atoms with Crippen LogP contribution >= 0.6 is 0 Å². The summed E-state index contributed by atoms with van der Waals surface area (Å²) in [5, 5.41) is 9.86. The lowest BCUT2D eigenvalue weighted by Crippen LogP contribution is -2.52. The van der Waals surface area contributed by atoms with Crippen molar-refractivity contribution in [2.45, 2.75) is 104 Å². The van der Waals surface area contributed by atoms with Gasteiger partial charge in [-0.2, -0.15) is 0 Å². The van der Waals surface area contributed by atoms with E-state index >= 15 is 0 Å². The van der Waals surface area contributed by atoms with E-state index in [0.29, 0.717) is 18.4 Å². The maximum atomic E-state index is 12.4. The first-order valence-electron chi connectivity index (χ1n) is 13.1. The van der Waals surface area contributed by atoms with E-state index in [2.05, 4.69) is 0 Å². The Balaban J connectivity index is 3.20. The van der Waals surface area contributed by atoms with Crippen LogP contribution in [0, 0.1) is 0 Å². The number of carboxylic acids is 1. The summed E-state index contributed by atoms with van der Waals surface area (Å²) in [5.74, 6) is -1.67. The fraction of sp³-hybridized carbons (Fsp3) is 0.630. The van der Waals surface area contributed by atoms with Gasteiger partial charge in [0.25, 0.3) is 0 Å². The first-order valence-corrected chi connectivity index (χ1v) is 13.1. The molecule has 0 saturated heterocycles. The van der Waals surface area contributed by atoms with Gasteiger partial charge in [0.05, 0.1) is 6.61 Å². The molecule has 0 spiro atoms. The Labute approximate surface area is 229 Å². The molecule has 0 aliphatic heterocycles. The fourth-order valence-corrected chi connectivity index (χ4v) is 3.78. The zero-order valence-corrected chi connectivity index (χ0v) is 23.5. The van der Waals surface area contributed by atoms with Gasteiger partial charge in [0, 0.05) is 12.8 Å². The van der Waals surface area contributed by atoms with Gasteiger partial charge in [-0.15, -0.1) is 0 Å². The summed E-state index contributed by atoms with van der Waals surface area (Å²) in [6.45, 7) is 10.5. The minimum Gasteiger partial charge on any atom is -0.480 e. The molecule has 0 fully saturated rings. The number of hydrogen-bond donors (Lipinski definition) is 2. The molecule has 12 heteroatoms. The zero-order chi connectivity index (χ0) is 29.6. The number of ether oxygens (including phenoxy) is 6. The highest BCUT2D eigenvalue weighted by Crippen LogP contribution is 2.32. The lowest BCUT2D eigenvalue weighted by molar-refractivity contribution is -0.144. The molecule has 0 amide bonds. The monoisotopic (exact) mass is 555 g/mol. The van der Waals surface area contributed by atoms with Crippen LogP contribution in [0.25, 0.3) is 0 Å². The van der Waals surface area contributed by atoms with Crippen LogP contribution in [-0.2, 0) is 30.2 Å². The molecule has 0 aliphatic carbocycles. The van der Waals surface area contributed by atoms with E-state index in [4.69, 9.17) is 34.2 Å². The summed E-state index contributed by atoms with van der Waals surface area (Å²) in [4.78, 5) is 48.4. The van der Waals surface area contributed by atoms with Crippen molar-refractivity contribution in [3.63, 3.8) is 0 Å². The molecule has 1 rings (SSSR count). The molecule has 0 saturated carbocycles. The molecule has 4 atom stereocenters. The molecule has 3 unspecified atom stereocenters. The average molecular weight is 556 g/mol. The average Bonchev–Trinajstić information content (AvgIpc) is 2.80. The second-order valence-electron chi connectivity index (χ2n) is 9.37. The third kappa shape index (κ3) is 12.2. The van der Waals surface area contributed by atoms with Crippen LogP contribution in [-0.4, -0.2) is 60.0 Å². The molecule has 1 aromatic rings. The van der Waals surface area contributed by atoms with Crippen molar-refractivity contribution in [2.24, 2.45) is 5.73 Å². The Morgan fingerprint density at radius 3 is 1.82 bits per heavy atom. The van der Waals surface area contributed by atoms with E-state index < -0.39 is 48.3 Å². The molecular weight excluding hydrogens is 514 g/mol. The second-order valence-corrected chi connectivity index (χ2v) is 9.37. The predicted molar refractivity (Wildman–Crippen MR) is 140 cm³/mol. The van der Waals surface area contributed by atoms with Gasteiger partial charge in [-0.1, -0.05) is 32.8 Å². The number of rotatable bonds is 15. The van der Waals surface area contributed by atoms with E-state index in [9.17, 15) is 24.3 Å². The summed E-state index contributed by atoms with van der Waals surface area (Å²) >= 11 is 0. The quantitative estimate of drug-likeness (QED) is 0.161. The van der Waals surface area contributed by atoms with Gasteiger partial charge in [-0.05, 0) is 58.2 Å². The molecule has 0 aliphatic rings. The number of carbonyl (C=O) groups excluding carboxylic acids is 3. The highest BCUT2D eigenvalue weighted by molar-refractivity contribution is 5.79. The van der Waals surface area contributed by atoms with E-state index in [-0.39, 0.29) is 30.9 Å². The van der Waals surface area contributed by atoms with Crippen LogP contribution in [0.2, 0.25) is 0 Å². The fourth-order valence-electron chi connectivity index (χ4n) is 3.78. The Morgan fingerprint density at radius 2 is 1.33 bits per heavy atom. The zero-order valence-electron chi connectivity index (χ0n) is 23.5. The van der Waals surface area contributed by atoms with Crippen LogP contribution in [0.1, 0.15) is 79.2 Å². The molecule has 220 valence electrons. The van der Waals surface area contributed by atoms with Gasteiger partial charge in [0.1, 0.15) is 23.9 Å². The van der Waals surface area contributed by atoms with Crippen molar-refractivity contribution >= 4 is 24.4 Å². The molecular formula is C27H41NO11. The predicted octanol–water partition coefficient (Wildman–Crippen LogP) is 5.37. The number of benzene rings is 1. The summed E-state index contributed by atoms with van der Waals surface area (Å²) in [6, 6.07) is 4.13. The molecule has 0 bridgehead atoms. The first kappa shape index (κ1) is 33.5. The van der Waals surface area contributed by atoms with Crippen LogP contribution in [0.5, 0.6) is 11.5 Å². The summed E-state index contributed by atoms with van der Waals surface area (Å²) < 4.78 is 30.8. The molecule has 0 heterocycles. The van der Waals surface area contributed by atoms with Crippen LogP contribution in [0.15, 0.2) is 18.2 Å². The molecule has 1 aromatic carbocycles. The van der Waals surface area contributed by atoms with Gasteiger partial charge >= 0.3 is 24.4 Å². The van der Waals surface area contributed by atoms with Crippen molar-refractivity contribution in [1.82, 2.24) is 0 Å². The van der Waals surface area contributed by atoms with Crippen molar-refractivity contribution in [3.05, 3.63) is 23.8 Å². The summed E-state index contributed by atoms with van der Waals surface area (Å²) in [5.41, 5.74) is 4.68. The van der Waals surface area contributed by atoms with Crippen molar-refractivity contribution < 1.29 is 52.7 Å². The Morgan fingerprint density at radius 1 is 0.821 bits per heavy atom. The normalized spacial score (nSPS) is 14.6. The van der Waals surface area contributed by atoms with E-state index in [1.54, 1.807) is 20.8 Å². The lowest BCUT2D eigenvalue weighted by Gasteiger charge is -2.28. The smallest absolute Gasteiger partial charge is 0.480 e. The molecule has 0 aromatic heterocycles. The van der Waals surface area contributed by atoms with Crippen molar-refractivity contribution in [1.29, 1.82) is 0 Å². The topological polar surface area (TPSA) is 170 Å². The maximum absolute atomic E-state index is 12.4. The van der Waals surface area contributed by atoms with Crippen LogP contribution < -0.4 is 15.2 Å². The van der Waals surface area contributed by atoms with E-state index in [1.807, 2.05) is 13.8 Å². The van der Waals surface area contributed by atoms with Crippen LogP contribution in [0.3, 0.4) is 0 Å². The highest BCUT2D eigenvalue weighted by atomic mass is 16.8. The van der Waals surface area contributed by atoms with Gasteiger partial charge in [0.2, 0.25) is 0 Å². The standard InChI is InChI=1S/C27H41NO11/c1-7-10-17(4)35-25(32)38-21-13-12-20(14-22(21)39-26(33)36-18(5)11-8-2)16-27(28,23(29)30)15-19(6)37-24(31)34-9-3/h12-14,17-19H,7-11,15-16,28H2,1-6H3,(H,29,30)/t17?,18?,19-,27?/m0/s1. The third-order valence-corrected chi connectivity index (χ3v) is 5.54. The Bertz CT molecular complexity index is 967. The third-order valence-electron chi connectivity index (χ3n) is 5.54. The van der Waals surface area contributed by atoms with Gasteiger partial charge in [-0.3, -0.25) is 4.79 Å². The summed E-state index contributed by atoms with van der Waals surface area (Å²) in [7, 11) is 0. The number of nitrogens with two attached hydrogens (primary N) is 1. The largest absolute Gasteiger partial charge is 0.514 e. The Kier molecular flexibility index (Phi) is 14.1. The van der Waals surface area contributed by atoms with Crippen molar-refractivity contribution in [3.8, 4) is 11.5 Å². The Hall–Kier alpha value is -3.54. The summed E-state index contributed by atoms with van der Waals surface area (Å²) in [6.07, 6.45) is -2.31. The van der Waals surface area contributed by atoms with Crippen molar-refractivity contribution in [2.75, 3.05) is 6.61 Å². The van der Waals surface area contributed by atoms with E-state index in [1.165, 1.54) is 25.1 Å². The van der Waals surface area contributed by atoms with Gasteiger partial charge in [0.15, 0.2) is 11.5 Å². The minimum atomic E-state index is -1.86. The number of aliphatic carboxylic acids is 1. The molecule has 3 N–H and O–H groups in total. The number of hydrogen-bond acceptors (Lipinski definition) is 11. The molecule has 0 radical (unpaired) electrons. The SMILES string of the molecule is CCCC(C)OC(=O)Oc1ccc(CC(N)(C[C@H](C)OC(=O)OCC)C(=O)O)cc1OC(=O)OC(C)CCC. The van der Waals surface area contributed by atoms with Gasteiger partial charge < -0.3 is 39.3 Å².